The van der Waals surface area contributed by atoms with Crippen LogP contribution in [0.4, 0.5) is 0 Å². The van der Waals surface area contributed by atoms with Crippen LogP contribution in [-0.2, 0) is 24.9 Å². The number of amides is 1. The van der Waals surface area contributed by atoms with Gasteiger partial charge < -0.3 is 18.8 Å². The van der Waals surface area contributed by atoms with Crippen LogP contribution in [0.2, 0.25) is 0 Å². The number of carbonyl (C=O) groups excluding carboxylic acids is 1. The summed E-state index contributed by atoms with van der Waals surface area (Å²) in [6, 6.07) is 3.80. The van der Waals surface area contributed by atoms with E-state index in [0.717, 1.165) is 44.0 Å². The van der Waals surface area contributed by atoms with E-state index in [0.29, 0.717) is 12.5 Å². The van der Waals surface area contributed by atoms with Gasteiger partial charge >= 0.3 is 0 Å². The van der Waals surface area contributed by atoms with Gasteiger partial charge in [0.05, 0.1) is 0 Å². The highest BCUT2D eigenvalue weighted by molar-refractivity contribution is 5.92. The van der Waals surface area contributed by atoms with Gasteiger partial charge in [-0.05, 0) is 37.8 Å². The molecule has 0 atom stereocenters. The lowest BCUT2D eigenvalue weighted by atomic mass is 9.96. The molecule has 0 aromatic carbocycles. The highest BCUT2D eigenvalue weighted by Gasteiger charge is 2.25. The van der Waals surface area contributed by atoms with E-state index in [1.54, 1.807) is 7.11 Å². The van der Waals surface area contributed by atoms with Crippen molar-refractivity contribution in [1.29, 1.82) is 0 Å². The number of rotatable bonds is 5. The average Bonchev–Trinajstić information content (AvgIpc) is 3.16. The second-order valence-electron chi connectivity index (χ2n) is 6.60. The topological polar surface area (TPSA) is 52.3 Å². The SMILES string of the molecule is COCc1ncc(C)n1CC1CCN(C(=O)c2cccn2C)CC1. The summed E-state index contributed by atoms with van der Waals surface area (Å²) in [5, 5.41) is 0. The quantitative estimate of drug-likeness (QED) is 0.845. The largest absolute Gasteiger partial charge is 0.377 e. The van der Waals surface area contributed by atoms with E-state index >= 15 is 0 Å². The summed E-state index contributed by atoms with van der Waals surface area (Å²) in [6.45, 7) is 5.22. The summed E-state index contributed by atoms with van der Waals surface area (Å²) in [5.74, 6) is 1.70. The Morgan fingerprint density at radius 2 is 2.12 bits per heavy atom. The van der Waals surface area contributed by atoms with Crippen molar-refractivity contribution in [3.8, 4) is 0 Å². The standard InChI is InChI=1S/C18H26N4O2/c1-14-11-19-17(13-24-3)22(14)12-15-6-9-21(10-7-15)18(23)16-5-4-8-20(16)2/h4-5,8,11,15H,6-7,9-10,12-13H2,1-3H3. The maximum absolute atomic E-state index is 12.6. The van der Waals surface area contributed by atoms with E-state index in [1.165, 1.54) is 5.69 Å². The summed E-state index contributed by atoms with van der Waals surface area (Å²) in [6.07, 6.45) is 5.88. The van der Waals surface area contributed by atoms with Gasteiger partial charge in [0, 0.05) is 51.9 Å². The van der Waals surface area contributed by atoms with E-state index in [9.17, 15) is 4.79 Å². The van der Waals surface area contributed by atoms with Gasteiger partial charge in [-0.15, -0.1) is 0 Å². The first-order chi connectivity index (χ1) is 11.6. The number of hydrogen-bond acceptors (Lipinski definition) is 3. The van der Waals surface area contributed by atoms with Crippen LogP contribution >= 0.6 is 0 Å². The van der Waals surface area contributed by atoms with E-state index in [2.05, 4.69) is 16.5 Å². The monoisotopic (exact) mass is 330 g/mol. The molecule has 0 bridgehead atoms. The molecule has 1 amide bonds. The van der Waals surface area contributed by atoms with Crippen molar-refractivity contribution in [2.75, 3.05) is 20.2 Å². The Kier molecular flexibility index (Phi) is 5.04. The number of methoxy groups -OCH3 is 1. The van der Waals surface area contributed by atoms with E-state index in [4.69, 9.17) is 4.74 Å². The zero-order valence-corrected chi connectivity index (χ0v) is 14.7. The molecular formula is C18H26N4O2. The first kappa shape index (κ1) is 16.8. The summed E-state index contributed by atoms with van der Waals surface area (Å²) in [4.78, 5) is 19.0. The molecule has 1 saturated heterocycles. The zero-order chi connectivity index (χ0) is 17.1. The molecule has 0 aliphatic carbocycles. The van der Waals surface area contributed by atoms with Gasteiger partial charge in [0.1, 0.15) is 18.1 Å². The Hall–Kier alpha value is -2.08. The Morgan fingerprint density at radius 1 is 1.38 bits per heavy atom. The van der Waals surface area contributed by atoms with Crippen molar-refractivity contribution in [3.63, 3.8) is 0 Å². The third kappa shape index (κ3) is 3.38. The fourth-order valence-electron chi connectivity index (χ4n) is 3.43. The Balaban J connectivity index is 1.59. The molecule has 3 rings (SSSR count). The van der Waals surface area contributed by atoms with Crippen LogP contribution in [-0.4, -0.2) is 45.1 Å². The molecule has 2 aromatic rings. The molecule has 2 aromatic heterocycles. The summed E-state index contributed by atoms with van der Waals surface area (Å²) in [7, 11) is 3.61. The van der Waals surface area contributed by atoms with Crippen molar-refractivity contribution in [2.24, 2.45) is 13.0 Å². The van der Waals surface area contributed by atoms with Gasteiger partial charge in [0.2, 0.25) is 0 Å². The molecule has 1 aliphatic rings. The molecule has 6 nitrogen and oxygen atoms in total. The maximum Gasteiger partial charge on any atom is 0.270 e. The Labute approximate surface area is 143 Å². The number of hydrogen-bond donors (Lipinski definition) is 0. The number of nitrogens with zero attached hydrogens (tertiary/aromatic N) is 4. The first-order valence-electron chi connectivity index (χ1n) is 8.50. The lowest BCUT2D eigenvalue weighted by molar-refractivity contribution is 0.0671. The molecule has 1 fully saturated rings. The minimum Gasteiger partial charge on any atom is -0.377 e. The molecule has 1 aliphatic heterocycles. The third-order valence-corrected chi connectivity index (χ3v) is 4.92. The Bertz CT molecular complexity index is 696. The second kappa shape index (κ2) is 7.21. The van der Waals surface area contributed by atoms with Crippen molar-refractivity contribution >= 4 is 5.91 Å². The summed E-state index contributed by atoms with van der Waals surface area (Å²) in [5.41, 5.74) is 1.94. The van der Waals surface area contributed by atoms with Gasteiger partial charge in [0.25, 0.3) is 5.91 Å². The number of carbonyl (C=O) groups is 1. The number of aryl methyl sites for hydroxylation is 2. The molecule has 0 saturated carbocycles. The summed E-state index contributed by atoms with van der Waals surface area (Å²) < 4.78 is 9.38. The molecule has 3 heterocycles. The molecule has 24 heavy (non-hydrogen) atoms. The van der Waals surface area contributed by atoms with E-state index < -0.39 is 0 Å². The van der Waals surface area contributed by atoms with Crippen LogP contribution in [0.3, 0.4) is 0 Å². The van der Waals surface area contributed by atoms with Crippen LogP contribution in [0.5, 0.6) is 0 Å². The highest BCUT2D eigenvalue weighted by atomic mass is 16.5. The van der Waals surface area contributed by atoms with E-state index in [1.807, 2.05) is 41.0 Å². The smallest absolute Gasteiger partial charge is 0.270 e. The molecule has 6 heteroatoms. The van der Waals surface area contributed by atoms with Gasteiger partial charge in [-0.2, -0.15) is 0 Å². The van der Waals surface area contributed by atoms with Crippen molar-refractivity contribution in [2.45, 2.75) is 32.9 Å². The van der Waals surface area contributed by atoms with Gasteiger partial charge in [0.15, 0.2) is 0 Å². The molecule has 0 N–H and O–H groups in total. The molecule has 0 radical (unpaired) electrons. The molecular weight excluding hydrogens is 304 g/mol. The number of likely N-dealkylation sites (tertiary alicyclic amines) is 1. The van der Waals surface area contributed by atoms with Gasteiger partial charge in [-0.1, -0.05) is 0 Å². The van der Waals surface area contributed by atoms with Crippen LogP contribution in [0.1, 0.15) is 34.8 Å². The van der Waals surface area contributed by atoms with Crippen molar-refractivity contribution in [1.82, 2.24) is 19.0 Å². The first-order valence-corrected chi connectivity index (χ1v) is 8.50. The number of piperidine rings is 1. The molecule has 0 spiro atoms. The van der Waals surface area contributed by atoms with Crippen LogP contribution in [0, 0.1) is 12.8 Å². The lowest BCUT2D eigenvalue weighted by Gasteiger charge is -2.32. The Morgan fingerprint density at radius 3 is 2.75 bits per heavy atom. The average molecular weight is 330 g/mol. The normalized spacial score (nSPS) is 15.9. The van der Waals surface area contributed by atoms with Crippen LogP contribution in [0.15, 0.2) is 24.5 Å². The number of imidazole rings is 1. The highest BCUT2D eigenvalue weighted by Crippen LogP contribution is 2.22. The van der Waals surface area contributed by atoms with Crippen molar-refractivity contribution < 1.29 is 9.53 Å². The van der Waals surface area contributed by atoms with Gasteiger partial charge in [-0.25, -0.2) is 4.98 Å². The molecule has 0 unspecified atom stereocenters. The van der Waals surface area contributed by atoms with Gasteiger partial charge in [-0.3, -0.25) is 4.79 Å². The maximum atomic E-state index is 12.6. The molecule has 130 valence electrons. The predicted molar refractivity (Wildman–Crippen MR) is 91.7 cm³/mol. The third-order valence-electron chi connectivity index (χ3n) is 4.92. The minimum atomic E-state index is 0.139. The fraction of sp³-hybridized carbons (Fsp3) is 0.556. The zero-order valence-electron chi connectivity index (χ0n) is 14.7. The van der Waals surface area contributed by atoms with Crippen LogP contribution in [0.25, 0.3) is 0 Å². The lowest BCUT2D eigenvalue weighted by Crippen LogP contribution is -2.40. The number of aromatic nitrogens is 3. The van der Waals surface area contributed by atoms with Crippen molar-refractivity contribution in [3.05, 3.63) is 41.7 Å². The minimum absolute atomic E-state index is 0.139. The summed E-state index contributed by atoms with van der Waals surface area (Å²) >= 11 is 0. The predicted octanol–water partition coefficient (Wildman–Crippen LogP) is 2.23. The van der Waals surface area contributed by atoms with Crippen LogP contribution < -0.4 is 0 Å². The second-order valence-corrected chi connectivity index (χ2v) is 6.60. The number of ether oxygens (including phenoxy) is 1. The fourth-order valence-corrected chi connectivity index (χ4v) is 3.43. The van der Waals surface area contributed by atoms with E-state index in [-0.39, 0.29) is 5.91 Å².